The van der Waals surface area contributed by atoms with Crippen molar-refractivity contribution in [2.24, 2.45) is 0 Å². The molecular formula is C17H15N3O2S. The molecule has 6 heteroatoms. The molecule has 4 rings (SSSR count). The molecule has 1 aliphatic rings. The molecule has 116 valence electrons. The second kappa shape index (κ2) is 5.96. The fraction of sp³-hybridized carbons (Fsp3) is 0.235. The molecule has 1 atom stereocenters. The predicted octanol–water partition coefficient (Wildman–Crippen LogP) is 3.78. The van der Waals surface area contributed by atoms with Crippen LogP contribution in [-0.2, 0) is 0 Å². The summed E-state index contributed by atoms with van der Waals surface area (Å²) in [6.45, 7) is 0.739. The molecule has 23 heavy (non-hydrogen) atoms. The summed E-state index contributed by atoms with van der Waals surface area (Å²) in [7, 11) is 0. The number of pyridine rings is 1. The third-order valence-corrected chi connectivity index (χ3v) is 4.99. The van der Waals surface area contributed by atoms with Gasteiger partial charge in [-0.05, 0) is 42.0 Å². The minimum absolute atomic E-state index is 0.0681. The van der Waals surface area contributed by atoms with Crippen LogP contribution in [0.5, 0.6) is 0 Å². The number of amides is 1. The molecule has 0 radical (unpaired) electrons. The number of rotatable bonds is 3. The van der Waals surface area contributed by atoms with Crippen LogP contribution in [0.4, 0.5) is 0 Å². The lowest BCUT2D eigenvalue weighted by atomic mass is 10.1. The van der Waals surface area contributed by atoms with Gasteiger partial charge in [0.2, 0.25) is 0 Å². The Morgan fingerprint density at radius 3 is 2.96 bits per heavy atom. The van der Waals surface area contributed by atoms with E-state index in [4.69, 9.17) is 4.42 Å². The van der Waals surface area contributed by atoms with E-state index < -0.39 is 0 Å². The molecule has 3 aromatic rings. The van der Waals surface area contributed by atoms with Crippen LogP contribution in [0.2, 0.25) is 0 Å². The number of likely N-dealkylation sites (tertiary alicyclic amines) is 1. The minimum Gasteiger partial charge on any atom is -0.442 e. The van der Waals surface area contributed by atoms with E-state index >= 15 is 0 Å². The van der Waals surface area contributed by atoms with Gasteiger partial charge in [-0.2, -0.15) is 0 Å². The summed E-state index contributed by atoms with van der Waals surface area (Å²) in [6.07, 6.45) is 6.83. The van der Waals surface area contributed by atoms with Crippen LogP contribution < -0.4 is 0 Å². The zero-order valence-corrected chi connectivity index (χ0v) is 13.2. The molecule has 1 amide bonds. The second-order valence-corrected chi connectivity index (χ2v) is 6.39. The predicted molar refractivity (Wildman–Crippen MR) is 87.1 cm³/mol. The zero-order chi connectivity index (χ0) is 15.6. The van der Waals surface area contributed by atoms with Gasteiger partial charge in [-0.15, -0.1) is 11.3 Å². The maximum Gasteiger partial charge on any atom is 0.277 e. The van der Waals surface area contributed by atoms with Gasteiger partial charge < -0.3 is 9.32 Å². The first-order valence-corrected chi connectivity index (χ1v) is 8.41. The smallest absolute Gasteiger partial charge is 0.277 e. The Hall–Kier alpha value is -2.47. The van der Waals surface area contributed by atoms with Crippen LogP contribution in [0.1, 0.15) is 34.9 Å². The highest BCUT2D eigenvalue weighted by Gasteiger charge is 2.33. The number of carbonyl (C=O) groups is 1. The lowest BCUT2D eigenvalue weighted by Crippen LogP contribution is -2.31. The van der Waals surface area contributed by atoms with E-state index in [0.717, 1.165) is 29.8 Å². The van der Waals surface area contributed by atoms with E-state index in [1.807, 2.05) is 34.5 Å². The fourth-order valence-electron chi connectivity index (χ4n) is 3.06. The van der Waals surface area contributed by atoms with Crippen LogP contribution >= 0.6 is 11.3 Å². The van der Waals surface area contributed by atoms with Gasteiger partial charge in [0.15, 0.2) is 17.8 Å². The van der Waals surface area contributed by atoms with Crippen LogP contribution in [0.15, 0.2) is 52.9 Å². The van der Waals surface area contributed by atoms with Crippen LogP contribution in [-0.4, -0.2) is 27.3 Å². The van der Waals surface area contributed by atoms with Crippen LogP contribution in [0, 0.1) is 0 Å². The number of hydrogen-bond donors (Lipinski definition) is 0. The van der Waals surface area contributed by atoms with E-state index in [1.54, 1.807) is 12.4 Å². The maximum atomic E-state index is 13.0. The van der Waals surface area contributed by atoms with Gasteiger partial charge in [0.25, 0.3) is 5.91 Å². The van der Waals surface area contributed by atoms with Gasteiger partial charge in [-0.25, -0.2) is 4.98 Å². The molecule has 1 fully saturated rings. The van der Waals surface area contributed by atoms with Gasteiger partial charge in [-0.1, -0.05) is 6.07 Å². The van der Waals surface area contributed by atoms with Crippen molar-refractivity contribution in [1.82, 2.24) is 14.9 Å². The Bertz CT molecular complexity index is 798. The van der Waals surface area contributed by atoms with Crippen LogP contribution in [0.3, 0.4) is 0 Å². The number of thiophene rings is 1. The number of hydrogen-bond acceptors (Lipinski definition) is 5. The van der Waals surface area contributed by atoms with Gasteiger partial charge in [0, 0.05) is 18.9 Å². The Kier molecular flexibility index (Phi) is 3.67. The number of oxazole rings is 1. The van der Waals surface area contributed by atoms with Crippen LogP contribution in [0.25, 0.3) is 10.6 Å². The summed E-state index contributed by atoms with van der Waals surface area (Å²) >= 11 is 1.54. The third kappa shape index (κ3) is 2.55. The third-order valence-electron chi connectivity index (χ3n) is 4.12. The fourth-order valence-corrected chi connectivity index (χ4v) is 3.77. The van der Waals surface area contributed by atoms with Crippen molar-refractivity contribution in [1.29, 1.82) is 0 Å². The van der Waals surface area contributed by atoms with Crippen molar-refractivity contribution in [3.63, 3.8) is 0 Å². The molecule has 0 N–H and O–H groups in total. The first kappa shape index (κ1) is 14.1. The van der Waals surface area contributed by atoms with E-state index in [1.165, 1.54) is 17.7 Å². The standard InChI is InChI=1S/C17H15N3O2S/c21-17(15-16(22-11-19-15)14-4-2-10-23-14)20-9-1-3-13(20)12-5-7-18-8-6-12/h2,4-8,10-11,13H,1,3,9H2. The Morgan fingerprint density at radius 1 is 1.30 bits per heavy atom. The summed E-state index contributed by atoms with van der Waals surface area (Å²) in [6, 6.07) is 7.90. The highest BCUT2D eigenvalue weighted by atomic mass is 32.1. The van der Waals surface area contributed by atoms with Crippen molar-refractivity contribution >= 4 is 17.2 Å². The second-order valence-electron chi connectivity index (χ2n) is 5.44. The van der Waals surface area contributed by atoms with E-state index in [0.29, 0.717) is 11.5 Å². The van der Waals surface area contributed by atoms with Crippen molar-refractivity contribution in [3.05, 3.63) is 59.7 Å². The van der Waals surface area contributed by atoms with Gasteiger partial charge in [-0.3, -0.25) is 9.78 Å². The summed E-state index contributed by atoms with van der Waals surface area (Å²) in [5, 5.41) is 1.96. The maximum absolute atomic E-state index is 13.0. The zero-order valence-electron chi connectivity index (χ0n) is 12.4. The quantitative estimate of drug-likeness (QED) is 0.735. The van der Waals surface area contributed by atoms with Crippen molar-refractivity contribution in [3.8, 4) is 10.6 Å². The monoisotopic (exact) mass is 325 g/mol. The molecule has 0 saturated carbocycles. The molecule has 4 heterocycles. The van der Waals surface area contributed by atoms with E-state index in [2.05, 4.69) is 9.97 Å². The molecule has 5 nitrogen and oxygen atoms in total. The Balaban J connectivity index is 1.66. The Morgan fingerprint density at radius 2 is 2.17 bits per heavy atom. The lowest BCUT2D eigenvalue weighted by molar-refractivity contribution is 0.0730. The first-order chi connectivity index (χ1) is 11.3. The van der Waals surface area contributed by atoms with Crippen molar-refractivity contribution < 1.29 is 9.21 Å². The van der Waals surface area contributed by atoms with E-state index in [-0.39, 0.29) is 11.9 Å². The number of aromatic nitrogens is 2. The number of nitrogens with zero attached hydrogens (tertiary/aromatic N) is 3. The minimum atomic E-state index is -0.0681. The molecule has 1 saturated heterocycles. The summed E-state index contributed by atoms with van der Waals surface area (Å²) < 4.78 is 5.47. The largest absolute Gasteiger partial charge is 0.442 e. The molecule has 1 aliphatic heterocycles. The molecular weight excluding hydrogens is 310 g/mol. The Labute approximate surface area is 137 Å². The average molecular weight is 325 g/mol. The average Bonchev–Trinajstić information content (AvgIpc) is 3.34. The molecule has 0 spiro atoms. The van der Waals surface area contributed by atoms with Gasteiger partial charge in [0.1, 0.15) is 0 Å². The first-order valence-electron chi connectivity index (χ1n) is 7.53. The summed E-state index contributed by atoms with van der Waals surface area (Å²) in [5.41, 5.74) is 1.51. The molecule has 3 aromatic heterocycles. The summed E-state index contributed by atoms with van der Waals surface area (Å²) in [4.78, 5) is 24.1. The highest BCUT2D eigenvalue weighted by molar-refractivity contribution is 7.13. The molecule has 0 aliphatic carbocycles. The van der Waals surface area contributed by atoms with E-state index in [9.17, 15) is 4.79 Å². The van der Waals surface area contributed by atoms with Crippen molar-refractivity contribution in [2.75, 3.05) is 6.54 Å². The highest BCUT2D eigenvalue weighted by Crippen LogP contribution is 2.35. The lowest BCUT2D eigenvalue weighted by Gasteiger charge is -2.24. The SMILES string of the molecule is O=C(c1ncoc1-c1cccs1)N1CCCC1c1ccncc1. The normalized spacial score (nSPS) is 17.6. The molecule has 0 aromatic carbocycles. The number of carbonyl (C=O) groups excluding carboxylic acids is 1. The topological polar surface area (TPSA) is 59.2 Å². The van der Waals surface area contributed by atoms with Gasteiger partial charge in [0.05, 0.1) is 10.9 Å². The van der Waals surface area contributed by atoms with Crippen molar-refractivity contribution in [2.45, 2.75) is 18.9 Å². The van der Waals surface area contributed by atoms with Gasteiger partial charge >= 0.3 is 0 Å². The molecule has 0 bridgehead atoms. The molecule has 1 unspecified atom stereocenters. The summed E-state index contributed by atoms with van der Waals surface area (Å²) in [5.74, 6) is 0.492.